The summed E-state index contributed by atoms with van der Waals surface area (Å²) >= 11 is 2.25. The summed E-state index contributed by atoms with van der Waals surface area (Å²) in [7, 11) is 0. The number of nitrogens with zero attached hydrogens (tertiary/aromatic N) is 4. The van der Waals surface area contributed by atoms with Crippen molar-refractivity contribution in [2.75, 3.05) is 31.2 Å². The molecule has 2 unspecified atom stereocenters. The van der Waals surface area contributed by atoms with Crippen LogP contribution < -0.4 is 11.1 Å². The van der Waals surface area contributed by atoms with Gasteiger partial charge in [0.2, 0.25) is 6.29 Å². The van der Waals surface area contributed by atoms with E-state index < -0.39 is 53.5 Å². The molecule has 0 bridgehead atoms. The zero-order chi connectivity index (χ0) is 31.4. The van der Waals surface area contributed by atoms with Crippen molar-refractivity contribution in [2.45, 2.75) is 68.8 Å². The Balaban J connectivity index is 1.34. The van der Waals surface area contributed by atoms with E-state index in [9.17, 15) is 29.2 Å². The lowest BCUT2D eigenvalue weighted by Crippen LogP contribution is -2.82. The van der Waals surface area contributed by atoms with Crippen LogP contribution in [0.25, 0.3) is 0 Å². The van der Waals surface area contributed by atoms with Gasteiger partial charge in [-0.1, -0.05) is 11.6 Å². The highest BCUT2D eigenvalue weighted by atomic mass is 32.2. The Bertz CT molecular complexity index is 1370. The summed E-state index contributed by atoms with van der Waals surface area (Å²) in [6, 6.07) is 0. The number of amides is 2. The van der Waals surface area contributed by atoms with Gasteiger partial charge < -0.3 is 40.1 Å². The fourth-order valence-corrected chi connectivity index (χ4v) is 7.50. The lowest BCUT2D eigenvalue weighted by atomic mass is 9.86. The average molecular weight is 653 g/mol. The first-order valence-corrected chi connectivity index (χ1v) is 15.9. The predicted octanol–water partition coefficient (Wildman–Crippen LogP) is 1.14. The number of nitrogens with one attached hydrogen (secondary N) is 1. The maximum atomic E-state index is 13.9. The van der Waals surface area contributed by atoms with Gasteiger partial charge in [0.15, 0.2) is 22.1 Å². The molecule has 3 atom stereocenters. The van der Waals surface area contributed by atoms with Gasteiger partial charge in [-0.3, -0.25) is 19.3 Å². The van der Waals surface area contributed by atoms with E-state index in [0.29, 0.717) is 18.8 Å². The second-order valence-electron chi connectivity index (χ2n) is 10.5. The zero-order valence-electron chi connectivity index (χ0n) is 23.8. The van der Waals surface area contributed by atoms with E-state index in [1.54, 1.807) is 0 Å². The molecule has 1 aliphatic carbocycles. The Labute approximate surface area is 259 Å². The van der Waals surface area contributed by atoms with Gasteiger partial charge in [-0.15, -0.1) is 23.1 Å². The van der Waals surface area contributed by atoms with E-state index in [1.807, 2.05) is 4.90 Å². The zero-order valence-corrected chi connectivity index (χ0v) is 25.4. The number of thiazole rings is 1. The van der Waals surface area contributed by atoms with Crippen LogP contribution in [0.5, 0.6) is 0 Å². The lowest BCUT2D eigenvalue weighted by Gasteiger charge is -2.57. The van der Waals surface area contributed by atoms with E-state index in [4.69, 9.17) is 24.7 Å². The number of oxime groups is 1. The number of rotatable bonds is 11. The molecule has 5 rings (SSSR count). The number of ether oxygens (including phenoxy) is 4. The number of esters is 1. The van der Waals surface area contributed by atoms with Gasteiger partial charge in [-0.05, 0) is 32.1 Å². The molecule has 44 heavy (non-hydrogen) atoms. The van der Waals surface area contributed by atoms with Crippen molar-refractivity contribution in [2.24, 2.45) is 5.16 Å². The average Bonchev–Trinajstić information content (AvgIpc) is 3.39. The molecule has 0 spiro atoms. The summed E-state index contributed by atoms with van der Waals surface area (Å²) in [6.07, 6.45) is 2.80. The van der Waals surface area contributed by atoms with Crippen LogP contribution in [0.2, 0.25) is 0 Å². The van der Waals surface area contributed by atoms with Crippen molar-refractivity contribution < 1.29 is 48.1 Å². The van der Waals surface area contributed by atoms with Gasteiger partial charge >= 0.3 is 12.1 Å². The van der Waals surface area contributed by atoms with Crippen molar-refractivity contribution in [1.29, 1.82) is 0 Å². The quantitative estimate of drug-likeness (QED) is 0.0447. The number of nitrogen functional groups attached to an aromatic ring is 1. The highest BCUT2D eigenvalue weighted by Gasteiger charge is 2.67. The summed E-state index contributed by atoms with van der Waals surface area (Å²) in [5, 5.41) is 15.7. The topological polar surface area (TPSA) is 212 Å². The molecule has 2 saturated heterocycles. The third-order valence-corrected chi connectivity index (χ3v) is 9.77. The van der Waals surface area contributed by atoms with Crippen molar-refractivity contribution in [3.05, 3.63) is 22.5 Å². The smallest absolute Gasteiger partial charge is 0.465 e. The number of fused-ring (bicyclic) bond motifs is 1. The van der Waals surface area contributed by atoms with E-state index >= 15 is 0 Å². The first kappa shape index (κ1) is 31.4. The van der Waals surface area contributed by atoms with Crippen LogP contribution in [0.15, 0.2) is 21.9 Å². The van der Waals surface area contributed by atoms with Crippen LogP contribution in [-0.4, -0.2) is 105 Å². The van der Waals surface area contributed by atoms with Gasteiger partial charge in [0.25, 0.3) is 18.3 Å². The largest absolute Gasteiger partial charge is 0.511 e. The van der Waals surface area contributed by atoms with Crippen LogP contribution in [0.3, 0.4) is 0 Å². The molecular weight excluding hydrogens is 620 g/mol. The molecule has 4 N–H and O–H groups in total. The number of carbonyl (C=O) groups is 5. The summed E-state index contributed by atoms with van der Waals surface area (Å²) in [5.74, 6) is -2.42. The lowest BCUT2D eigenvalue weighted by molar-refractivity contribution is -0.175. The van der Waals surface area contributed by atoms with Crippen molar-refractivity contribution in [1.82, 2.24) is 20.1 Å². The minimum absolute atomic E-state index is 0.0286. The van der Waals surface area contributed by atoms with E-state index in [0.717, 1.165) is 49.9 Å². The van der Waals surface area contributed by atoms with Crippen LogP contribution in [0.4, 0.5) is 9.93 Å². The van der Waals surface area contributed by atoms with Crippen molar-refractivity contribution in [3.8, 4) is 0 Å². The SMILES string of the molecule is CC(OC(=O)OC1CCCCC1)OC(=O)C1=C(N2CCC2)CS[C@@H]2N1C(=O)C2(COC=O)NC(=O)/C(=N\O)c1csc(N)n1. The summed E-state index contributed by atoms with van der Waals surface area (Å²) < 4.78 is 20.9. The molecule has 4 heterocycles. The molecule has 18 heteroatoms. The standard InChI is InChI=1S/C26H32N6O10S2/c1-14(41-25(37)42-15-6-3-2-4-7-15)40-21(35)19-17(31-8-5-9-31)11-43-23-26(12-39-13-33,22(36)32(19)23)29-20(34)18(30-38)16-10-44-24(27)28-16/h10,13-15,23,38H,2-9,11-12H2,1H3,(H2,27,28)(H,29,34)/b30-18-/t14?,23-,26?/m0/s1. The number of aromatic nitrogens is 1. The molecule has 0 radical (unpaired) electrons. The molecule has 4 aliphatic rings. The van der Waals surface area contributed by atoms with Crippen LogP contribution in [0, 0.1) is 0 Å². The second-order valence-corrected chi connectivity index (χ2v) is 12.5. The number of hydrogen-bond acceptors (Lipinski definition) is 16. The van der Waals surface area contributed by atoms with Gasteiger partial charge in [0, 0.05) is 31.1 Å². The van der Waals surface area contributed by atoms with Gasteiger partial charge in [0.1, 0.15) is 23.8 Å². The Morgan fingerprint density at radius 2 is 2.00 bits per heavy atom. The Hall–Kier alpha value is -4.06. The molecule has 1 saturated carbocycles. The number of β-lactam (4-membered cyclic amide) rings is 1. The monoisotopic (exact) mass is 652 g/mol. The Kier molecular flexibility index (Phi) is 9.48. The van der Waals surface area contributed by atoms with Gasteiger partial charge in [-0.25, -0.2) is 14.6 Å². The molecule has 1 aromatic rings. The van der Waals surface area contributed by atoms with Crippen molar-refractivity contribution >= 4 is 64.4 Å². The fourth-order valence-electron chi connectivity index (χ4n) is 5.46. The molecule has 1 aromatic heterocycles. The molecular formula is C26H32N6O10S2. The summed E-state index contributed by atoms with van der Waals surface area (Å²) in [6.45, 7) is 2.23. The normalized spacial score (nSPS) is 24.3. The summed E-state index contributed by atoms with van der Waals surface area (Å²) in [5.41, 5.74) is 3.74. The molecule has 16 nitrogen and oxygen atoms in total. The fraction of sp³-hybridized carbons (Fsp3) is 0.577. The maximum Gasteiger partial charge on any atom is 0.511 e. The van der Waals surface area contributed by atoms with Crippen LogP contribution in [-0.2, 0) is 38.1 Å². The van der Waals surface area contributed by atoms with Crippen molar-refractivity contribution in [3.63, 3.8) is 0 Å². The number of nitrogens with two attached hydrogens (primary N) is 1. The van der Waals surface area contributed by atoms with Crippen LogP contribution >= 0.6 is 23.1 Å². The van der Waals surface area contributed by atoms with E-state index in [1.165, 1.54) is 29.0 Å². The van der Waals surface area contributed by atoms with E-state index in [2.05, 4.69) is 15.5 Å². The predicted molar refractivity (Wildman–Crippen MR) is 154 cm³/mol. The second kappa shape index (κ2) is 13.3. The first-order valence-electron chi connectivity index (χ1n) is 14.0. The number of likely N-dealkylation sites (tertiary alicyclic amines) is 1. The molecule has 0 aromatic carbocycles. The third kappa shape index (κ3) is 6.12. The molecule has 2 amide bonds. The maximum absolute atomic E-state index is 13.9. The minimum atomic E-state index is -1.82. The number of hydrogen-bond donors (Lipinski definition) is 3. The first-order chi connectivity index (χ1) is 21.2. The number of anilines is 1. The Morgan fingerprint density at radius 3 is 2.61 bits per heavy atom. The van der Waals surface area contributed by atoms with Gasteiger partial charge in [0.05, 0.1) is 5.70 Å². The van der Waals surface area contributed by atoms with Gasteiger partial charge in [-0.2, -0.15) is 0 Å². The number of thioether (sulfide) groups is 1. The molecule has 238 valence electrons. The van der Waals surface area contributed by atoms with E-state index in [-0.39, 0.29) is 34.9 Å². The van der Waals surface area contributed by atoms with Crippen LogP contribution in [0.1, 0.15) is 51.1 Å². The minimum Gasteiger partial charge on any atom is -0.465 e. The summed E-state index contributed by atoms with van der Waals surface area (Å²) in [4.78, 5) is 71.2. The highest BCUT2D eigenvalue weighted by molar-refractivity contribution is 8.00. The third-order valence-electron chi connectivity index (χ3n) is 7.73. The molecule has 3 fully saturated rings. The molecule has 3 aliphatic heterocycles. The number of carbonyl (C=O) groups excluding carboxylic acids is 5. The highest BCUT2D eigenvalue weighted by Crippen LogP contribution is 2.48. The Morgan fingerprint density at radius 1 is 1.25 bits per heavy atom.